The second-order valence-corrected chi connectivity index (χ2v) is 6.53. The van der Waals surface area contributed by atoms with Gasteiger partial charge in [-0.05, 0) is 50.1 Å². The zero-order valence-corrected chi connectivity index (χ0v) is 14.8. The normalized spacial score (nSPS) is 17.9. The Bertz CT molecular complexity index is 782. The lowest BCUT2D eigenvalue weighted by Crippen LogP contribution is -2.38. The molecule has 2 aromatic rings. The van der Waals surface area contributed by atoms with Crippen molar-refractivity contribution in [3.05, 3.63) is 53.9 Å². The molecule has 1 atom stereocenters. The number of carbonyl (C=O) groups is 1. The van der Waals surface area contributed by atoms with Gasteiger partial charge in [-0.15, -0.1) is 0 Å². The molecule has 0 unspecified atom stereocenters. The van der Waals surface area contributed by atoms with E-state index < -0.39 is 11.6 Å². The van der Waals surface area contributed by atoms with Crippen molar-refractivity contribution in [2.75, 3.05) is 19.7 Å². The number of pyridine rings is 1. The molecule has 138 valence electrons. The monoisotopic (exact) mass is 360 g/mol. The SMILES string of the molecule is CCOC(=O)[C@@H]1CCCN(Cc2cncc(-c3ccc(F)cc3F)c2)C1. The van der Waals surface area contributed by atoms with Crippen LogP contribution in [-0.4, -0.2) is 35.5 Å². The highest BCUT2D eigenvalue weighted by molar-refractivity contribution is 5.72. The number of hydrogen-bond donors (Lipinski definition) is 0. The van der Waals surface area contributed by atoms with E-state index in [1.54, 1.807) is 12.4 Å². The Balaban J connectivity index is 1.71. The van der Waals surface area contributed by atoms with Crippen LogP contribution in [0.15, 0.2) is 36.7 Å². The summed E-state index contributed by atoms with van der Waals surface area (Å²) in [5.41, 5.74) is 1.86. The minimum atomic E-state index is -0.607. The van der Waals surface area contributed by atoms with Gasteiger partial charge < -0.3 is 4.74 Å². The molecule has 0 aliphatic carbocycles. The third-order valence-corrected chi connectivity index (χ3v) is 4.57. The molecule has 1 aromatic heterocycles. The van der Waals surface area contributed by atoms with E-state index in [1.807, 2.05) is 13.0 Å². The van der Waals surface area contributed by atoms with Crippen molar-refractivity contribution >= 4 is 5.97 Å². The molecule has 0 bridgehead atoms. The van der Waals surface area contributed by atoms with Crippen LogP contribution in [0, 0.1) is 17.6 Å². The number of halogens is 2. The Morgan fingerprint density at radius 2 is 2.15 bits per heavy atom. The Kier molecular flexibility index (Phi) is 5.93. The molecule has 0 saturated carbocycles. The molecule has 0 N–H and O–H groups in total. The fourth-order valence-corrected chi connectivity index (χ4v) is 3.35. The molecule has 0 radical (unpaired) electrons. The fraction of sp³-hybridized carbons (Fsp3) is 0.400. The van der Waals surface area contributed by atoms with Gasteiger partial charge in [0.05, 0.1) is 12.5 Å². The standard InChI is InChI=1S/C20H22F2N2O2/c1-2-26-20(25)15-4-3-7-24(13-15)12-14-8-16(11-23-10-14)18-6-5-17(21)9-19(18)22/h5-6,8-11,15H,2-4,7,12-13H2,1H3/t15-/m1/s1. The van der Waals surface area contributed by atoms with E-state index in [-0.39, 0.29) is 11.9 Å². The number of likely N-dealkylation sites (tertiary alicyclic amines) is 1. The van der Waals surface area contributed by atoms with Gasteiger partial charge in [0.15, 0.2) is 0 Å². The first-order valence-corrected chi connectivity index (χ1v) is 8.85. The molecule has 1 aliphatic rings. The molecule has 0 amide bonds. The van der Waals surface area contributed by atoms with Gasteiger partial charge in [0.1, 0.15) is 11.6 Å². The summed E-state index contributed by atoms with van der Waals surface area (Å²) in [7, 11) is 0. The molecule has 1 aromatic carbocycles. The number of rotatable bonds is 5. The minimum Gasteiger partial charge on any atom is -0.466 e. The highest BCUT2D eigenvalue weighted by atomic mass is 19.1. The van der Waals surface area contributed by atoms with Crippen LogP contribution in [0.5, 0.6) is 0 Å². The molecule has 6 heteroatoms. The quantitative estimate of drug-likeness (QED) is 0.761. The molecule has 2 heterocycles. The number of esters is 1. The Labute approximate surface area is 151 Å². The number of hydrogen-bond acceptors (Lipinski definition) is 4. The average molecular weight is 360 g/mol. The fourth-order valence-electron chi connectivity index (χ4n) is 3.35. The second-order valence-electron chi connectivity index (χ2n) is 6.53. The lowest BCUT2D eigenvalue weighted by atomic mass is 9.97. The van der Waals surface area contributed by atoms with E-state index in [4.69, 9.17) is 4.74 Å². The molecule has 1 aliphatic heterocycles. The van der Waals surface area contributed by atoms with Crippen LogP contribution < -0.4 is 0 Å². The van der Waals surface area contributed by atoms with Gasteiger partial charge in [-0.25, -0.2) is 8.78 Å². The van der Waals surface area contributed by atoms with Crippen molar-refractivity contribution in [3.63, 3.8) is 0 Å². The summed E-state index contributed by atoms with van der Waals surface area (Å²) in [5.74, 6) is -1.45. The van der Waals surface area contributed by atoms with E-state index >= 15 is 0 Å². The first-order valence-electron chi connectivity index (χ1n) is 8.85. The van der Waals surface area contributed by atoms with Crippen LogP contribution in [0.25, 0.3) is 11.1 Å². The van der Waals surface area contributed by atoms with Crippen LogP contribution >= 0.6 is 0 Å². The molecule has 1 fully saturated rings. The number of nitrogens with zero attached hydrogens (tertiary/aromatic N) is 2. The van der Waals surface area contributed by atoms with Gasteiger partial charge in [-0.2, -0.15) is 0 Å². The van der Waals surface area contributed by atoms with Gasteiger partial charge in [0.2, 0.25) is 0 Å². The van der Waals surface area contributed by atoms with E-state index in [0.29, 0.717) is 30.8 Å². The highest BCUT2D eigenvalue weighted by Crippen LogP contribution is 2.25. The Morgan fingerprint density at radius 3 is 2.92 bits per heavy atom. The summed E-state index contributed by atoms with van der Waals surface area (Å²) in [6.07, 6.45) is 5.08. The molecule has 3 rings (SSSR count). The van der Waals surface area contributed by atoms with Crippen LogP contribution in [-0.2, 0) is 16.1 Å². The molecule has 0 spiro atoms. The largest absolute Gasteiger partial charge is 0.466 e. The molecule has 26 heavy (non-hydrogen) atoms. The summed E-state index contributed by atoms with van der Waals surface area (Å²) in [4.78, 5) is 18.3. The third-order valence-electron chi connectivity index (χ3n) is 4.57. The lowest BCUT2D eigenvalue weighted by molar-refractivity contribution is -0.150. The first-order chi connectivity index (χ1) is 12.6. The zero-order chi connectivity index (χ0) is 18.5. The Morgan fingerprint density at radius 1 is 1.31 bits per heavy atom. The lowest BCUT2D eigenvalue weighted by Gasteiger charge is -2.31. The van der Waals surface area contributed by atoms with Crippen molar-refractivity contribution in [1.82, 2.24) is 9.88 Å². The van der Waals surface area contributed by atoms with Crippen LogP contribution in [0.3, 0.4) is 0 Å². The number of aromatic nitrogens is 1. The van der Waals surface area contributed by atoms with Crippen molar-refractivity contribution in [2.45, 2.75) is 26.3 Å². The number of carbonyl (C=O) groups excluding carboxylic acids is 1. The van der Waals surface area contributed by atoms with Crippen molar-refractivity contribution in [2.24, 2.45) is 5.92 Å². The van der Waals surface area contributed by atoms with E-state index in [0.717, 1.165) is 31.0 Å². The maximum atomic E-state index is 14.0. The maximum absolute atomic E-state index is 14.0. The number of benzene rings is 1. The number of ether oxygens (including phenoxy) is 1. The Hall–Kier alpha value is -2.34. The number of piperidine rings is 1. The van der Waals surface area contributed by atoms with E-state index in [9.17, 15) is 13.6 Å². The molecule has 1 saturated heterocycles. The van der Waals surface area contributed by atoms with Crippen LogP contribution in [0.4, 0.5) is 8.78 Å². The predicted octanol–water partition coefficient (Wildman–Crippen LogP) is 3.80. The second kappa shape index (κ2) is 8.36. The van der Waals surface area contributed by atoms with Gasteiger partial charge >= 0.3 is 5.97 Å². The maximum Gasteiger partial charge on any atom is 0.310 e. The summed E-state index contributed by atoms with van der Waals surface area (Å²) in [6, 6.07) is 5.39. The predicted molar refractivity (Wildman–Crippen MR) is 94.2 cm³/mol. The topological polar surface area (TPSA) is 42.4 Å². The van der Waals surface area contributed by atoms with Crippen molar-refractivity contribution in [1.29, 1.82) is 0 Å². The average Bonchev–Trinajstić information content (AvgIpc) is 2.62. The van der Waals surface area contributed by atoms with Crippen molar-refractivity contribution < 1.29 is 18.3 Å². The third kappa shape index (κ3) is 4.43. The van der Waals surface area contributed by atoms with Gasteiger partial charge in [-0.1, -0.05) is 0 Å². The van der Waals surface area contributed by atoms with Crippen LogP contribution in [0.1, 0.15) is 25.3 Å². The van der Waals surface area contributed by atoms with E-state index in [1.165, 1.54) is 12.1 Å². The molecular formula is C20H22F2N2O2. The highest BCUT2D eigenvalue weighted by Gasteiger charge is 2.26. The smallest absolute Gasteiger partial charge is 0.310 e. The van der Waals surface area contributed by atoms with E-state index in [2.05, 4.69) is 9.88 Å². The minimum absolute atomic E-state index is 0.102. The van der Waals surface area contributed by atoms with Gasteiger partial charge in [0, 0.05) is 42.7 Å². The van der Waals surface area contributed by atoms with Crippen LogP contribution in [0.2, 0.25) is 0 Å². The summed E-state index contributed by atoms with van der Waals surface area (Å²) in [5, 5.41) is 0. The zero-order valence-electron chi connectivity index (χ0n) is 14.8. The summed E-state index contributed by atoms with van der Waals surface area (Å²) < 4.78 is 32.2. The van der Waals surface area contributed by atoms with Gasteiger partial charge in [0.25, 0.3) is 0 Å². The molecular weight excluding hydrogens is 338 g/mol. The molecule has 4 nitrogen and oxygen atoms in total. The first kappa shape index (κ1) is 18.5. The summed E-state index contributed by atoms with van der Waals surface area (Å²) >= 11 is 0. The van der Waals surface area contributed by atoms with Crippen molar-refractivity contribution in [3.8, 4) is 11.1 Å². The summed E-state index contributed by atoms with van der Waals surface area (Å²) in [6.45, 7) is 4.37. The van der Waals surface area contributed by atoms with Gasteiger partial charge in [-0.3, -0.25) is 14.7 Å².